The van der Waals surface area contributed by atoms with Crippen molar-refractivity contribution >= 4 is 12.1 Å². The van der Waals surface area contributed by atoms with Gasteiger partial charge in [-0.3, -0.25) is 4.79 Å². The van der Waals surface area contributed by atoms with Gasteiger partial charge in [0.1, 0.15) is 11.6 Å². The zero-order chi connectivity index (χ0) is 12.9. The average molecular weight is 239 g/mol. The molecule has 7 heteroatoms. The first-order chi connectivity index (χ1) is 7.11. The van der Waals surface area contributed by atoms with Crippen molar-refractivity contribution in [3.05, 3.63) is 0 Å². The number of carbonyl (C=O) groups is 2. The minimum absolute atomic E-state index is 0.819. The van der Waals surface area contributed by atoms with Crippen LogP contribution in [0.15, 0.2) is 0 Å². The number of halogens is 2. The summed E-state index contributed by atoms with van der Waals surface area (Å²) >= 11 is 0. The summed E-state index contributed by atoms with van der Waals surface area (Å²) in [7, 11) is 0. The van der Waals surface area contributed by atoms with Gasteiger partial charge in [-0.05, 0) is 20.8 Å². The number of ether oxygens (including phenoxy) is 1. The summed E-state index contributed by atoms with van der Waals surface area (Å²) in [5.74, 6) is -1.42. The topological polar surface area (TPSA) is 75.6 Å². The van der Waals surface area contributed by atoms with Crippen LogP contribution in [0.2, 0.25) is 0 Å². The van der Waals surface area contributed by atoms with Crippen LogP contribution in [0.1, 0.15) is 27.2 Å². The molecule has 5 nitrogen and oxygen atoms in total. The fraction of sp³-hybridized carbons (Fsp3) is 0.778. The second-order valence-corrected chi connectivity index (χ2v) is 4.19. The van der Waals surface area contributed by atoms with Gasteiger partial charge in [-0.1, -0.05) is 0 Å². The second-order valence-electron chi connectivity index (χ2n) is 4.19. The summed E-state index contributed by atoms with van der Waals surface area (Å²) in [6.45, 7) is 4.71. The molecule has 0 aromatic heterocycles. The number of carboxylic acid groups (broad SMARTS) is 1. The van der Waals surface area contributed by atoms with E-state index in [4.69, 9.17) is 9.84 Å². The molecule has 0 fully saturated rings. The van der Waals surface area contributed by atoms with Crippen LogP contribution in [0, 0.1) is 0 Å². The van der Waals surface area contributed by atoms with Crippen molar-refractivity contribution in [3.63, 3.8) is 0 Å². The number of rotatable bonds is 4. The highest BCUT2D eigenvalue weighted by Crippen LogP contribution is 2.10. The van der Waals surface area contributed by atoms with Gasteiger partial charge in [0.2, 0.25) is 0 Å². The van der Waals surface area contributed by atoms with Crippen molar-refractivity contribution in [1.82, 2.24) is 5.32 Å². The zero-order valence-electron chi connectivity index (χ0n) is 9.29. The molecule has 0 aromatic carbocycles. The molecular formula is C9H15F2NO4. The molecule has 0 spiro atoms. The number of alkyl carbamates (subject to hydrolysis) is 1. The Labute approximate surface area is 91.8 Å². The molecule has 94 valence electrons. The minimum Gasteiger partial charge on any atom is -0.481 e. The molecule has 0 heterocycles. The lowest BCUT2D eigenvalue weighted by Crippen LogP contribution is -2.43. The van der Waals surface area contributed by atoms with E-state index in [1.807, 2.05) is 5.32 Å². The Morgan fingerprint density at radius 3 is 2.19 bits per heavy atom. The molecular weight excluding hydrogens is 224 g/mol. The fourth-order valence-corrected chi connectivity index (χ4v) is 0.850. The molecule has 0 radical (unpaired) electrons. The van der Waals surface area contributed by atoms with E-state index in [1.54, 1.807) is 20.8 Å². The highest BCUT2D eigenvalue weighted by Gasteiger charge is 2.27. The first kappa shape index (κ1) is 14.6. The van der Waals surface area contributed by atoms with Gasteiger partial charge in [-0.25, -0.2) is 13.6 Å². The molecule has 1 atom stereocenters. The second kappa shape index (κ2) is 5.62. The average Bonchev–Trinajstić information content (AvgIpc) is 1.97. The van der Waals surface area contributed by atoms with E-state index < -0.39 is 36.6 Å². The zero-order valence-corrected chi connectivity index (χ0v) is 9.29. The predicted octanol–water partition coefficient (Wildman–Crippen LogP) is 1.62. The Bertz CT molecular complexity index is 263. The van der Waals surface area contributed by atoms with Crippen LogP contribution in [-0.4, -0.2) is 35.2 Å². The van der Waals surface area contributed by atoms with E-state index in [0.717, 1.165) is 0 Å². The molecule has 16 heavy (non-hydrogen) atoms. The number of carboxylic acids is 1. The normalized spacial score (nSPS) is 13.4. The van der Waals surface area contributed by atoms with Crippen molar-refractivity contribution in [2.75, 3.05) is 0 Å². The van der Waals surface area contributed by atoms with Crippen molar-refractivity contribution < 1.29 is 28.2 Å². The van der Waals surface area contributed by atoms with Gasteiger partial charge >= 0.3 is 12.1 Å². The minimum atomic E-state index is -2.95. The lowest BCUT2D eigenvalue weighted by Gasteiger charge is -2.22. The third kappa shape index (κ3) is 6.97. The quantitative estimate of drug-likeness (QED) is 0.781. The third-order valence-electron chi connectivity index (χ3n) is 1.40. The molecule has 0 aliphatic rings. The smallest absolute Gasteiger partial charge is 0.408 e. The summed E-state index contributed by atoms with van der Waals surface area (Å²) in [4.78, 5) is 21.4. The van der Waals surface area contributed by atoms with E-state index in [2.05, 4.69) is 0 Å². The number of nitrogens with one attached hydrogen (secondary N) is 1. The van der Waals surface area contributed by atoms with Crippen molar-refractivity contribution in [2.45, 2.75) is 45.3 Å². The summed E-state index contributed by atoms with van der Waals surface area (Å²) in [6, 6.07) is -1.74. The number of carbonyl (C=O) groups excluding carboxylic acids is 1. The lowest BCUT2D eigenvalue weighted by atomic mass is 10.2. The number of hydrogen-bond donors (Lipinski definition) is 2. The van der Waals surface area contributed by atoms with Crippen molar-refractivity contribution in [2.24, 2.45) is 0 Å². The fourth-order valence-electron chi connectivity index (χ4n) is 0.850. The molecule has 2 N–H and O–H groups in total. The monoisotopic (exact) mass is 239 g/mol. The van der Waals surface area contributed by atoms with Gasteiger partial charge in [0.25, 0.3) is 6.43 Å². The van der Waals surface area contributed by atoms with E-state index in [-0.39, 0.29) is 0 Å². The van der Waals surface area contributed by atoms with Gasteiger partial charge < -0.3 is 15.2 Å². The van der Waals surface area contributed by atoms with Crippen molar-refractivity contribution in [1.29, 1.82) is 0 Å². The third-order valence-corrected chi connectivity index (χ3v) is 1.40. The van der Waals surface area contributed by atoms with E-state index >= 15 is 0 Å². The van der Waals surface area contributed by atoms with E-state index in [1.165, 1.54) is 0 Å². The van der Waals surface area contributed by atoms with Gasteiger partial charge in [0.05, 0.1) is 6.42 Å². The predicted molar refractivity (Wildman–Crippen MR) is 51.4 cm³/mol. The van der Waals surface area contributed by atoms with Gasteiger partial charge in [0.15, 0.2) is 0 Å². The maximum atomic E-state index is 12.3. The Morgan fingerprint density at radius 1 is 1.38 bits per heavy atom. The number of alkyl halides is 2. The summed E-state index contributed by atoms with van der Waals surface area (Å²) in [5, 5.41) is 10.2. The lowest BCUT2D eigenvalue weighted by molar-refractivity contribution is -0.138. The van der Waals surface area contributed by atoms with Crippen molar-refractivity contribution in [3.8, 4) is 0 Å². The Kier molecular flexibility index (Phi) is 5.13. The van der Waals surface area contributed by atoms with Crippen LogP contribution >= 0.6 is 0 Å². The maximum Gasteiger partial charge on any atom is 0.408 e. The molecule has 0 aromatic rings. The summed E-state index contributed by atoms with van der Waals surface area (Å²) in [6.07, 6.45) is -4.86. The molecule has 0 saturated carbocycles. The van der Waals surface area contributed by atoms with Gasteiger partial charge in [-0.2, -0.15) is 0 Å². The number of aliphatic carboxylic acids is 1. The molecule has 0 rings (SSSR count). The Hall–Kier alpha value is -1.40. The largest absolute Gasteiger partial charge is 0.481 e. The van der Waals surface area contributed by atoms with E-state index in [9.17, 15) is 18.4 Å². The first-order valence-electron chi connectivity index (χ1n) is 4.61. The highest BCUT2D eigenvalue weighted by molar-refractivity contribution is 5.71. The molecule has 1 unspecified atom stereocenters. The highest BCUT2D eigenvalue weighted by atomic mass is 19.3. The van der Waals surface area contributed by atoms with E-state index in [0.29, 0.717) is 0 Å². The summed E-state index contributed by atoms with van der Waals surface area (Å²) in [5.41, 5.74) is -0.819. The molecule has 1 amide bonds. The maximum absolute atomic E-state index is 12.3. The number of hydrogen-bond acceptors (Lipinski definition) is 3. The molecule has 0 bridgehead atoms. The van der Waals surface area contributed by atoms with Crippen LogP contribution in [0.4, 0.5) is 13.6 Å². The Balaban J connectivity index is 4.30. The Morgan fingerprint density at radius 2 is 1.88 bits per heavy atom. The number of amides is 1. The molecule has 0 aliphatic heterocycles. The SMILES string of the molecule is CC(C)(C)OC(=O)NC(CC(=O)O)C(F)F. The van der Waals surface area contributed by atoms with Crippen LogP contribution in [0.25, 0.3) is 0 Å². The van der Waals surface area contributed by atoms with Gasteiger partial charge in [0, 0.05) is 0 Å². The van der Waals surface area contributed by atoms with Crippen LogP contribution in [-0.2, 0) is 9.53 Å². The standard InChI is InChI=1S/C9H15F2NO4/c1-9(2,3)16-8(15)12-5(7(10)11)4-6(13)14/h5,7H,4H2,1-3H3,(H,12,15)(H,13,14). The van der Waals surface area contributed by atoms with Crippen LogP contribution < -0.4 is 5.32 Å². The van der Waals surface area contributed by atoms with Gasteiger partial charge in [-0.15, -0.1) is 0 Å². The molecule has 0 aliphatic carbocycles. The van der Waals surface area contributed by atoms with Crippen LogP contribution in [0.5, 0.6) is 0 Å². The summed E-state index contributed by atoms with van der Waals surface area (Å²) < 4.78 is 29.4. The first-order valence-corrected chi connectivity index (χ1v) is 4.61. The van der Waals surface area contributed by atoms with Crippen LogP contribution in [0.3, 0.4) is 0 Å². The molecule has 0 saturated heterocycles.